The van der Waals surface area contributed by atoms with Crippen molar-refractivity contribution >= 4 is 23.2 Å². The summed E-state index contributed by atoms with van der Waals surface area (Å²) in [6.45, 7) is 4.60. The van der Waals surface area contributed by atoms with E-state index >= 15 is 0 Å². The molecule has 3 aromatic carbocycles. The van der Waals surface area contributed by atoms with Crippen LogP contribution in [0, 0.1) is 0 Å². The SMILES string of the molecule is CCOc1cc(CNCCc2ccc(Cl)cc2)ccc1OCc1ccccc1Cl. The van der Waals surface area contributed by atoms with Crippen molar-refractivity contribution in [1.82, 2.24) is 5.32 Å². The van der Waals surface area contributed by atoms with E-state index < -0.39 is 0 Å². The third kappa shape index (κ3) is 6.67. The predicted octanol–water partition coefficient (Wildman–Crippen LogP) is 6.30. The van der Waals surface area contributed by atoms with Crippen LogP contribution in [0.25, 0.3) is 0 Å². The zero-order valence-corrected chi connectivity index (χ0v) is 18.0. The first-order valence-corrected chi connectivity index (χ1v) is 10.5. The van der Waals surface area contributed by atoms with Gasteiger partial charge in [0.05, 0.1) is 6.61 Å². The van der Waals surface area contributed by atoms with E-state index in [4.69, 9.17) is 32.7 Å². The van der Waals surface area contributed by atoms with Gasteiger partial charge in [-0.2, -0.15) is 0 Å². The van der Waals surface area contributed by atoms with Gasteiger partial charge in [0.15, 0.2) is 11.5 Å². The lowest BCUT2D eigenvalue weighted by Crippen LogP contribution is -2.16. The Morgan fingerprint density at radius 3 is 2.34 bits per heavy atom. The quantitative estimate of drug-likeness (QED) is 0.383. The van der Waals surface area contributed by atoms with Crippen LogP contribution in [-0.2, 0) is 19.6 Å². The van der Waals surface area contributed by atoms with Crippen molar-refractivity contribution in [3.8, 4) is 11.5 Å². The monoisotopic (exact) mass is 429 g/mol. The molecule has 0 spiro atoms. The number of rotatable bonds is 10. The maximum absolute atomic E-state index is 6.21. The van der Waals surface area contributed by atoms with Crippen LogP contribution in [-0.4, -0.2) is 13.2 Å². The minimum absolute atomic E-state index is 0.401. The first-order valence-electron chi connectivity index (χ1n) is 9.73. The van der Waals surface area contributed by atoms with E-state index in [0.29, 0.717) is 18.2 Å². The Labute approximate surface area is 182 Å². The van der Waals surface area contributed by atoms with Gasteiger partial charge in [-0.25, -0.2) is 0 Å². The Morgan fingerprint density at radius 1 is 0.828 bits per heavy atom. The van der Waals surface area contributed by atoms with Crippen molar-refractivity contribution in [1.29, 1.82) is 0 Å². The van der Waals surface area contributed by atoms with Crippen LogP contribution in [0.2, 0.25) is 10.0 Å². The maximum atomic E-state index is 6.21. The van der Waals surface area contributed by atoms with Gasteiger partial charge < -0.3 is 14.8 Å². The second kappa shape index (κ2) is 11.1. The fraction of sp³-hybridized carbons (Fsp3) is 0.250. The van der Waals surface area contributed by atoms with Crippen LogP contribution >= 0.6 is 23.2 Å². The summed E-state index contributed by atoms with van der Waals surface area (Å²) >= 11 is 12.1. The molecular formula is C24H25Cl2NO2. The van der Waals surface area contributed by atoms with Crippen molar-refractivity contribution < 1.29 is 9.47 Å². The third-order valence-electron chi connectivity index (χ3n) is 4.48. The Hall–Kier alpha value is -2.20. The molecule has 1 N–H and O–H groups in total. The van der Waals surface area contributed by atoms with Gasteiger partial charge in [-0.15, -0.1) is 0 Å². The molecule has 0 bridgehead atoms. The molecule has 0 atom stereocenters. The third-order valence-corrected chi connectivity index (χ3v) is 5.10. The highest BCUT2D eigenvalue weighted by atomic mass is 35.5. The molecule has 0 heterocycles. The Kier molecular flexibility index (Phi) is 8.24. The minimum Gasteiger partial charge on any atom is -0.490 e. The Morgan fingerprint density at radius 2 is 1.59 bits per heavy atom. The summed E-state index contributed by atoms with van der Waals surface area (Å²) in [5, 5.41) is 4.94. The van der Waals surface area contributed by atoms with E-state index in [1.807, 2.05) is 55.5 Å². The van der Waals surface area contributed by atoms with Gasteiger partial charge in [-0.05, 0) is 61.3 Å². The molecule has 0 aromatic heterocycles. The highest BCUT2D eigenvalue weighted by molar-refractivity contribution is 6.31. The molecule has 3 nitrogen and oxygen atoms in total. The first-order chi connectivity index (χ1) is 14.2. The van der Waals surface area contributed by atoms with E-state index in [2.05, 4.69) is 23.5 Å². The van der Waals surface area contributed by atoms with E-state index in [1.54, 1.807) is 0 Å². The summed E-state index contributed by atoms with van der Waals surface area (Å²) in [6, 6.07) is 21.7. The number of halogens is 2. The molecule has 0 aliphatic carbocycles. The highest BCUT2D eigenvalue weighted by Crippen LogP contribution is 2.30. The van der Waals surface area contributed by atoms with Crippen molar-refractivity contribution in [2.45, 2.75) is 26.5 Å². The van der Waals surface area contributed by atoms with Crippen LogP contribution in [0.1, 0.15) is 23.6 Å². The lowest BCUT2D eigenvalue weighted by Gasteiger charge is -2.14. The minimum atomic E-state index is 0.401. The topological polar surface area (TPSA) is 30.5 Å². The molecule has 152 valence electrons. The number of ether oxygens (including phenoxy) is 2. The van der Waals surface area contributed by atoms with E-state index in [-0.39, 0.29) is 0 Å². The van der Waals surface area contributed by atoms with Crippen molar-refractivity contribution in [2.75, 3.05) is 13.2 Å². The zero-order valence-electron chi connectivity index (χ0n) is 16.5. The fourth-order valence-corrected chi connectivity index (χ4v) is 3.25. The average molecular weight is 430 g/mol. The fourth-order valence-electron chi connectivity index (χ4n) is 2.94. The lowest BCUT2D eigenvalue weighted by molar-refractivity contribution is 0.269. The van der Waals surface area contributed by atoms with Crippen molar-refractivity contribution in [3.63, 3.8) is 0 Å². The van der Waals surface area contributed by atoms with Gasteiger partial charge in [-0.1, -0.05) is 59.6 Å². The van der Waals surface area contributed by atoms with Gasteiger partial charge in [0, 0.05) is 22.2 Å². The van der Waals surface area contributed by atoms with E-state index in [1.165, 1.54) is 5.56 Å². The largest absolute Gasteiger partial charge is 0.490 e. The van der Waals surface area contributed by atoms with Gasteiger partial charge in [0.2, 0.25) is 0 Å². The molecule has 0 unspecified atom stereocenters. The first kappa shape index (κ1) is 21.5. The van der Waals surface area contributed by atoms with Crippen LogP contribution in [0.4, 0.5) is 0 Å². The number of hydrogen-bond donors (Lipinski definition) is 1. The molecule has 0 amide bonds. The summed E-state index contributed by atoms with van der Waals surface area (Å²) in [5.74, 6) is 1.47. The molecule has 0 radical (unpaired) electrons. The average Bonchev–Trinajstić information content (AvgIpc) is 2.73. The Bertz CT molecular complexity index is 913. The van der Waals surface area contributed by atoms with Crippen molar-refractivity contribution in [2.24, 2.45) is 0 Å². The standard InChI is InChI=1S/C24H25Cl2NO2/c1-2-28-24-15-19(16-27-14-13-18-7-10-21(25)11-8-18)9-12-23(24)29-17-20-5-3-4-6-22(20)26/h3-12,15,27H,2,13-14,16-17H2,1H3. The summed E-state index contributed by atoms with van der Waals surface area (Å²) in [5.41, 5.74) is 3.36. The molecule has 5 heteroatoms. The molecular weight excluding hydrogens is 405 g/mol. The molecule has 0 fully saturated rings. The molecule has 29 heavy (non-hydrogen) atoms. The summed E-state index contributed by atoms with van der Waals surface area (Å²) in [7, 11) is 0. The number of hydrogen-bond acceptors (Lipinski definition) is 3. The highest BCUT2D eigenvalue weighted by Gasteiger charge is 2.08. The van der Waals surface area contributed by atoms with Crippen LogP contribution in [0.5, 0.6) is 11.5 Å². The summed E-state index contributed by atoms with van der Waals surface area (Å²) in [4.78, 5) is 0. The van der Waals surface area contributed by atoms with Crippen LogP contribution in [0.3, 0.4) is 0 Å². The van der Waals surface area contributed by atoms with Crippen molar-refractivity contribution in [3.05, 3.63) is 93.5 Å². The Balaban J connectivity index is 1.55. The zero-order chi connectivity index (χ0) is 20.5. The van der Waals surface area contributed by atoms with Crippen LogP contribution in [0.15, 0.2) is 66.7 Å². The molecule has 0 saturated heterocycles. The lowest BCUT2D eigenvalue weighted by atomic mass is 10.1. The summed E-state index contributed by atoms with van der Waals surface area (Å²) in [6.07, 6.45) is 0.953. The molecule has 3 rings (SSSR count). The summed E-state index contributed by atoms with van der Waals surface area (Å²) < 4.78 is 11.7. The van der Waals surface area contributed by atoms with E-state index in [0.717, 1.165) is 47.2 Å². The molecule has 3 aromatic rings. The predicted molar refractivity (Wildman–Crippen MR) is 120 cm³/mol. The second-order valence-electron chi connectivity index (χ2n) is 6.65. The van der Waals surface area contributed by atoms with Crippen LogP contribution < -0.4 is 14.8 Å². The maximum Gasteiger partial charge on any atom is 0.161 e. The van der Waals surface area contributed by atoms with Gasteiger partial charge >= 0.3 is 0 Å². The van der Waals surface area contributed by atoms with Gasteiger partial charge in [0.25, 0.3) is 0 Å². The number of benzene rings is 3. The number of nitrogens with one attached hydrogen (secondary N) is 1. The molecule has 0 aliphatic rings. The van der Waals surface area contributed by atoms with Gasteiger partial charge in [-0.3, -0.25) is 0 Å². The smallest absolute Gasteiger partial charge is 0.161 e. The van der Waals surface area contributed by atoms with Gasteiger partial charge in [0.1, 0.15) is 6.61 Å². The van der Waals surface area contributed by atoms with E-state index in [9.17, 15) is 0 Å². The normalized spacial score (nSPS) is 10.7. The molecule has 0 aliphatic heterocycles. The second-order valence-corrected chi connectivity index (χ2v) is 7.49. The molecule has 0 saturated carbocycles.